The van der Waals surface area contributed by atoms with Gasteiger partial charge in [0.15, 0.2) is 5.82 Å². The first-order valence-corrected chi connectivity index (χ1v) is 10.1. The number of pyridine rings is 1. The fourth-order valence-electron chi connectivity index (χ4n) is 3.55. The number of piperidine rings is 1. The second-order valence-corrected chi connectivity index (χ2v) is 7.24. The van der Waals surface area contributed by atoms with Gasteiger partial charge in [0.1, 0.15) is 17.9 Å². The van der Waals surface area contributed by atoms with E-state index in [-0.39, 0.29) is 0 Å². The highest BCUT2D eigenvalue weighted by molar-refractivity contribution is 5.88. The predicted octanol–water partition coefficient (Wildman–Crippen LogP) is 3.13. The highest BCUT2D eigenvalue weighted by atomic mass is 16.5. The minimum atomic E-state index is 0.532. The molecule has 29 heavy (non-hydrogen) atoms. The highest BCUT2D eigenvalue weighted by Crippen LogP contribution is 2.27. The fourth-order valence-corrected chi connectivity index (χ4v) is 3.55. The molecule has 0 amide bonds. The van der Waals surface area contributed by atoms with Crippen LogP contribution in [0.1, 0.15) is 12.8 Å². The van der Waals surface area contributed by atoms with Crippen molar-refractivity contribution in [3.63, 3.8) is 0 Å². The molecule has 1 saturated heterocycles. The zero-order valence-corrected chi connectivity index (χ0v) is 16.7. The molecule has 1 atom stereocenters. The van der Waals surface area contributed by atoms with Crippen LogP contribution in [-0.4, -0.2) is 54.9 Å². The molecule has 1 unspecified atom stereocenters. The topological polar surface area (TPSA) is 81.2 Å². The maximum absolute atomic E-state index is 5.65. The number of rotatable bonds is 8. The lowest BCUT2D eigenvalue weighted by molar-refractivity contribution is 0.146. The SMILES string of the molecule is COCCOc1ccc(-c2cc3nccnc3c(NCC3CCCNC3)n2)cc1. The van der Waals surface area contributed by atoms with E-state index in [4.69, 9.17) is 14.5 Å². The summed E-state index contributed by atoms with van der Waals surface area (Å²) in [4.78, 5) is 13.9. The Morgan fingerprint density at radius 2 is 2.00 bits per heavy atom. The molecule has 1 aliphatic rings. The molecule has 0 saturated carbocycles. The summed E-state index contributed by atoms with van der Waals surface area (Å²) in [5.74, 6) is 2.20. The lowest BCUT2D eigenvalue weighted by Crippen LogP contribution is -2.33. The molecule has 0 aliphatic carbocycles. The summed E-state index contributed by atoms with van der Waals surface area (Å²) in [6, 6.07) is 9.92. The number of aromatic nitrogens is 3. The number of nitrogens with one attached hydrogen (secondary N) is 2. The van der Waals surface area contributed by atoms with Crippen molar-refractivity contribution >= 4 is 16.9 Å². The minimum Gasteiger partial charge on any atom is -0.491 e. The van der Waals surface area contributed by atoms with E-state index in [0.717, 1.165) is 53.5 Å². The first-order valence-electron chi connectivity index (χ1n) is 10.1. The average molecular weight is 393 g/mol. The Labute approximate surface area is 170 Å². The van der Waals surface area contributed by atoms with Gasteiger partial charge in [0.25, 0.3) is 0 Å². The zero-order chi connectivity index (χ0) is 19.9. The monoisotopic (exact) mass is 393 g/mol. The normalized spacial score (nSPS) is 16.7. The molecule has 3 aromatic rings. The van der Waals surface area contributed by atoms with Crippen LogP contribution in [0.15, 0.2) is 42.7 Å². The van der Waals surface area contributed by atoms with Crippen LogP contribution in [0.5, 0.6) is 5.75 Å². The second-order valence-electron chi connectivity index (χ2n) is 7.24. The molecular weight excluding hydrogens is 366 g/mol. The molecule has 2 aromatic heterocycles. The van der Waals surface area contributed by atoms with E-state index in [1.54, 1.807) is 19.5 Å². The maximum atomic E-state index is 5.65. The van der Waals surface area contributed by atoms with Crippen molar-refractivity contribution < 1.29 is 9.47 Å². The Hall–Kier alpha value is -2.77. The van der Waals surface area contributed by atoms with Gasteiger partial charge in [-0.1, -0.05) is 0 Å². The van der Waals surface area contributed by atoms with Crippen LogP contribution >= 0.6 is 0 Å². The first-order chi connectivity index (χ1) is 14.3. The Kier molecular flexibility index (Phi) is 6.49. The molecule has 1 aliphatic heterocycles. The van der Waals surface area contributed by atoms with Crippen molar-refractivity contribution in [2.24, 2.45) is 5.92 Å². The zero-order valence-electron chi connectivity index (χ0n) is 16.7. The van der Waals surface area contributed by atoms with Gasteiger partial charge in [-0.2, -0.15) is 0 Å². The Morgan fingerprint density at radius 1 is 1.14 bits per heavy atom. The fraction of sp³-hybridized carbons (Fsp3) is 0.409. The molecule has 0 bridgehead atoms. The minimum absolute atomic E-state index is 0.532. The lowest BCUT2D eigenvalue weighted by atomic mass is 10.00. The number of anilines is 1. The lowest BCUT2D eigenvalue weighted by Gasteiger charge is -2.23. The molecule has 7 heteroatoms. The summed E-state index contributed by atoms with van der Waals surface area (Å²) in [6.45, 7) is 4.13. The van der Waals surface area contributed by atoms with Gasteiger partial charge in [-0.3, -0.25) is 4.98 Å². The largest absolute Gasteiger partial charge is 0.491 e. The Bertz CT molecular complexity index is 926. The van der Waals surface area contributed by atoms with E-state index in [1.165, 1.54) is 12.8 Å². The van der Waals surface area contributed by atoms with E-state index in [9.17, 15) is 0 Å². The van der Waals surface area contributed by atoms with Gasteiger partial charge in [0.05, 0.1) is 17.8 Å². The maximum Gasteiger partial charge on any atom is 0.154 e. The standard InChI is InChI=1S/C22H27N5O2/c1-28-11-12-29-18-6-4-17(5-7-18)19-13-20-21(25-10-9-24-20)22(27-19)26-15-16-3-2-8-23-14-16/h4-7,9-10,13,16,23H,2-3,8,11-12,14-15H2,1H3,(H,26,27). The van der Waals surface area contributed by atoms with Crippen LogP contribution < -0.4 is 15.4 Å². The van der Waals surface area contributed by atoms with Crippen LogP contribution in [0.3, 0.4) is 0 Å². The van der Waals surface area contributed by atoms with E-state index in [2.05, 4.69) is 20.6 Å². The van der Waals surface area contributed by atoms with Crippen LogP contribution in [0, 0.1) is 5.92 Å². The molecule has 1 fully saturated rings. The summed E-state index contributed by atoms with van der Waals surface area (Å²) >= 11 is 0. The van der Waals surface area contributed by atoms with Crippen LogP contribution in [0.2, 0.25) is 0 Å². The van der Waals surface area contributed by atoms with Crippen molar-refractivity contribution in [1.82, 2.24) is 20.3 Å². The van der Waals surface area contributed by atoms with Crippen molar-refractivity contribution in [3.8, 4) is 17.0 Å². The van der Waals surface area contributed by atoms with E-state index >= 15 is 0 Å². The number of fused-ring (bicyclic) bond motifs is 1. The molecule has 1 aromatic carbocycles. The summed E-state index contributed by atoms with van der Waals surface area (Å²) in [6.07, 6.45) is 5.88. The third kappa shape index (κ3) is 4.99. The quantitative estimate of drug-likeness (QED) is 0.569. The van der Waals surface area contributed by atoms with E-state index < -0.39 is 0 Å². The van der Waals surface area contributed by atoms with Gasteiger partial charge in [-0.15, -0.1) is 0 Å². The molecule has 0 spiro atoms. The molecule has 3 heterocycles. The van der Waals surface area contributed by atoms with E-state index in [0.29, 0.717) is 19.1 Å². The molecule has 7 nitrogen and oxygen atoms in total. The van der Waals surface area contributed by atoms with Crippen LogP contribution in [0.25, 0.3) is 22.3 Å². The number of ether oxygens (including phenoxy) is 2. The molecule has 4 rings (SSSR count). The number of nitrogens with zero attached hydrogens (tertiary/aromatic N) is 3. The molecular formula is C22H27N5O2. The third-order valence-corrected chi connectivity index (χ3v) is 5.12. The van der Waals surface area contributed by atoms with Gasteiger partial charge < -0.3 is 20.1 Å². The number of hydrogen-bond acceptors (Lipinski definition) is 7. The second kappa shape index (κ2) is 9.62. The van der Waals surface area contributed by atoms with Crippen LogP contribution in [0.4, 0.5) is 5.82 Å². The molecule has 2 N–H and O–H groups in total. The van der Waals surface area contributed by atoms with Crippen molar-refractivity contribution in [2.75, 3.05) is 45.3 Å². The molecule has 0 radical (unpaired) electrons. The van der Waals surface area contributed by atoms with Crippen LogP contribution in [-0.2, 0) is 4.74 Å². The Balaban J connectivity index is 1.56. The van der Waals surface area contributed by atoms with E-state index in [1.807, 2.05) is 30.3 Å². The smallest absolute Gasteiger partial charge is 0.154 e. The Morgan fingerprint density at radius 3 is 2.79 bits per heavy atom. The van der Waals surface area contributed by atoms with Crippen molar-refractivity contribution in [1.29, 1.82) is 0 Å². The number of benzene rings is 1. The third-order valence-electron chi connectivity index (χ3n) is 5.12. The number of hydrogen-bond donors (Lipinski definition) is 2. The van der Waals surface area contributed by atoms with Crippen molar-refractivity contribution in [3.05, 3.63) is 42.7 Å². The number of methoxy groups -OCH3 is 1. The van der Waals surface area contributed by atoms with Gasteiger partial charge in [-0.05, 0) is 62.2 Å². The van der Waals surface area contributed by atoms with Gasteiger partial charge >= 0.3 is 0 Å². The van der Waals surface area contributed by atoms with Gasteiger partial charge in [-0.25, -0.2) is 9.97 Å². The average Bonchev–Trinajstić information content (AvgIpc) is 2.78. The summed E-state index contributed by atoms with van der Waals surface area (Å²) in [5.41, 5.74) is 3.52. The highest BCUT2D eigenvalue weighted by Gasteiger charge is 2.15. The van der Waals surface area contributed by atoms with Crippen molar-refractivity contribution in [2.45, 2.75) is 12.8 Å². The predicted molar refractivity (Wildman–Crippen MR) is 114 cm³/mol. The summed E-state index contributed by atoms with van der Waals surface area (Å²) in [7, 11) is 1.66. The first kappa shape index (κ1) is 19.5. The van der Waals surface area contributed by atoms with Gasteiger partial charge in [0.2, 0.25) is 0 Å². The summed E-state index contributed by atoms with van der Waals surface area (Å²) < 4.78 is 10.7. The van der Waals surface area contributed by atoms with Gasteiger partial charge in [0, 0.05) is 31.6 Å². The summed E-state index contributed by atoms with van der Waals surface area (Å²) in [5, 5.41) is 6.98. The molecule has 152 valence electrons.